The number of rotatable bonds is 3. The van der Waals surface area contributed by atoms with Crippen molar-refractivity contribution in [1.82, 2.24) is 15.5 Å². The van der Waals surface area contributed by atoms with E-state index in [1.54, 1.807) is 12.1 Å². The Morgan fingerprint density at radius 1 is 1.32 bits per heavy atom. The number of halogens is 2. The van der Waals surface area contributed by atoms with Crippen LogP contribution in [0.5, 0.6) is 0 Å². The third-order valence-electron chi connectivity index (χ3n) is 2.40. The fourth-order valence-electron chi connectivity index (χ4n) is 1.44. The molecule has 0 bridgehead atoms. The maximum atomic E-state index is 5.97. The van der Waals surface area contributed by atoms with Gasteiger partial charge in [-0.2, -0.15) is 0 Å². The Balaban J connectivity index is 2.19. The third kappa shape index (κ3) is 4.03. The Morgan fingerprint density at radius 3 is 2.74 bits per heavy atom. The van der Waals surface area contributed by atoms with Crippen LogP contribution in [0.15, 0.2) is 27.1 Å². The van der Waals surface area contributed by atoms with E-state index in [0.29, 0.717) is 23.3 Å². The standard InChI is InChI=1S/C13H15BrClN3O/c1-13(2,3)16-7-11-17-18-12(19-11)9-6-8(15)4-5-10(9)14/h4-6,16H,7H2,1-3H3. The van der Waals surface area contributed by atoms with Gasteiger partial charge in [-0.15, -0.1) is 10.2 Å². The zero-order valence-corrected chi connectivity index (χ0v) is 13.3. The minimum absolute atomic E-state index is 0.00523. The van der Waals surface area contributed by atoms with E-state index < -0.39 is 0 Å². The first-order valence-electron chi connectivity index (χ1n) is 5.88. The summed E-state index contributed by atoms with van der Waals surface area (Å²) in [6.07, 6.45) is 0. The predicted octanol–water partition coefficient (Wildman–Crippen LogP) is 4.04. The van der Waals surface area contributed by atoms with Crippen LogP contribution in [0.3, 0.4) is 0 Å². The maximum Gasteiger partial charge on any atom is 0.249 e. The summed E-state index contributed by atoms with van der Waals surface area (Å²) >= 11 is 9.42. The van der Waals surface area contributed by atoms with Crippen molar-refractivity contribution in [2.75, 3.05) is 0 Å². The van der Waals surface area contributed by atoms with Crippen LogP contribution in [0.1, 0.15) is 26.7 Å². The molecule has 2 rings (SSSR count). The van der Waals surface area contributed by atoms with Crippen molar-refractivity contribution >= 4 is 27.5 Å². The zero-order chi connectivity index (χ0) is 14.0. The Labute approximate surface area is 125 Å². The topological polar surface area (TPSA) is 51.0 Å². The average Bonchev–Trinajstić information content (AvgIpc) is 2.77. The second-order valence-electron chi connectivity index (χ2n) is 5.23. The van der Waals surface area contributed by atoms with Gasteiger partial charge in [0.25, 0.3) is 0 Å². The molecule has 1 aromatic carbocycles. The monoisotopic (exact) mass is 343 g/mol. The molecule has 0 spiro atoms. The summed E-state index contributed by atoms with van der Waals surface area (Å²) in [5.41, 5.74) is 0.799. The zero-order valence-electron chi connectivity index (χ0n) is 11.0. The van der Waals surface area contributed by atoms with Gasteiger partial charge in [-0.3, -0.25) is 0 Å². The summed E-state index contributed by atoms with van der Waals surface area (Å²) in [6.45, 7) is 6.78. The third-order valence-corrected chi connectivity index (χ3v) is 3.32. The van der Waals surface area contributed by atoms with Crippen LogP contribution < -0.4 is 5.32 Å². The number of hydrogen-bond donors (Lipinski definition) is 1. The van der Waals surface area contributed by atoms with Gasteiger partial charge < -0.3 is 9.73 Å². The minimum Gasteiger partial charge on any atom is -0.419 e. The molecule has 0 aliphatic rings. The van der Waals surface area contributed by atoms with Gasteiger partial charge in [0, 0.05) is 15.0 Å². The van der Waals surface area contributed by atoms with E-state index in [9.17, 15) is 0 Å². The largest absolute Gasteiger partial charge is 0.419 e. The summed E-state index contributed by atoms with van der Waals surface area (Å²) in [7, 11) is 0. The molecular weight excluding hydrogens is 330 g/mol. The van der Waals surface area contributed by atoms with Crippen molar-refractivity contribution in [3.05, 3.63) is 33.6 Å². The lowest BCUT2D eigenvalue weighted by Crippen LogP contribution is -2.35. The quantitative estimate of drug-likeness (QED) is 0.913. The lowest BCUT2D eigenvalue weighted by molar-refractivity contribution is 0.383. The van der Waals surface area contributed by atoms with Gasteiger partial charge in [-0.25, -0.2) is 0 Å². The van der Waals surface area contributed by atoms with Gasteiger partial charge in [-0.05, 0) is 54.9 Å². The number of nitrogens with zero attached hydrogens (tertiary/aromatic N) is 2. The summed E-state index contributed by atoms with van der Waals surface area (Å²) in [5.74, 6) is 1.01. The highest BCUT2D eigenvalue weighted by atomic mass is 79.9. The lowest BCUT2D eigenvalue weighted by atomic mass is 10.1. The highest BCUT2D eigenvalue weighted by molar-refractivity contribution is 9.10. The molecule has 0 unspecified atom stereocenters. The molecule has 0 amide bonds. The van der Waals surface area contributed by atoms with E-state index in [0.717, 1.165) is 10.0 Å². The number of benzene rings is 1. The molecule has 102 valence electrons. The summed E-state index contributed by atoms with van der Waals surface area (Å²) < 4.78 is 6.50. The Bertz CT molecular complexity index is 578. The highest BCUT2D eigenvalue weighted by Gasteiger charge is 2.14. The molecule has 6 heteroatoms. The fraction of sp³-hybridized carbons (Fsp3) is 0.385. The first-order chi connectivity index (χ1) is 8.85. The van der Waals surface area contributed by atoms with Crippen molar-refractivity contribution < 1.29 is 4.42 Å². The number of nitrogens with one attached hydrogen (secondary N) is 1. The Kier molecular flexibility index (Phi) is 4.28. The van der Waals surface area contributed by atoms with E-state index in [4.69, 9.17) is 16.0 Å². The van der Waals surface area contributed by atoms with Crippen LogP contribution in [0.2, 0.25) is 5.02 Å². The van der Waals surface area contributed by atoms with Crippen LogP contribution in [0.25, 0.3) is 11.5 Å². The molecule has 1 heterocycles. The van der Waals surface area contributed by atoms with Gasteiger partial charge in [0.05, 0.1) is 12.1 Å². The van der Waals surface area contributed by atoms with Gasteiger partial charge in [0.2, 0.25) is 11.8 Å². The summed E-state index contributed by atoms with van der Waals surface area (Å²) in [5, 5.41) is 12.0. The molecule has 1 N–H and O–H groups in total. The van der Waals surface area contributed by atoms with Crippen LogP contribution in [-0.2, 0) is 6.54 Å². The normalized spacial score (nSPS) is 11.8. The van der Waals surface area contributed by atoms with Gasteiger partial charge >= 0.3 is 0 Å². The molecule has 0 saturated heterocycles. The van der Waals surface area contributed by atoms with Crippen molar-refractivity contribution in [1.29, 1.82) is 0 Å². The fourth-order valence-corrected chi connectivity index (χ4v) is 2.02. The molecular formula is C13H15BrClN3O. The molecule has 0 fully saturated rings. The van der Waals surface area contributed by atoms with Crippen LogP contribution in [-0.4, -0.2) is 15.7 Å². The highest BCUT2D eigenvalue weighted by Crippen LogP contribution is 2.29. The molecule has 4 nitrogen and oxygen atoms in total. The van der Waals surface area contributed by atoms with E-state index in [1.807, 2.05) is 6.07 Å². The Morgan fingerprint density at radius 2 is 2.05 bits per heavy atom. The predicted molar refractivity (Wildman–Crippen MR) is 79.0 cm³/mol. The second-order valence-corrected chi connectivity index (χ2v) is 6.52. The summed E-state index contributed by atoms with van der Waals surface area (Å²) in [4.78, 5) is 0. The second kappa shape index (κ2) is 5.61. The average molecular weight is 345 g/mol. The summed E-state index contributed by atoms with van der Waals surface area (Å²) in [6, 6.07) is 5.45. The first-order valence-corrected chi connectivity index (χ1v) is 7.05. The van der Waals surface area contributed by atoms with E-state index >= 15 is 0 Å². The molecule has 0 atom stereocenters. The maximum absolute atomic E-state index is 5.97. The molecule has 0 saturated carbocycles. The van der Waals surface area contributed by atoms with E-state index in [1.165, 1.54) is 0 Å². The molecule has 1 aromatic heterocycles. The van der Waals surface area contributed by atoms with Crippen molar-refractivity contribution in [3.63, 3.8) is 0 Å². The molecule has 19 heavy (non-hydrogen) atoms. The van der Waals surface area contributed by atoms with Gasteiger partial charge in [0.15, 0.2) is 0 Å². The van der Waals surface area contributed by atoms with E-state index in [-0.39, 0.29) is 5.54 Å². The van der Waals surface area contributed by atoms with Gasteiger partial charge in [0.1, 0.15) is 0 Å². The van der Waals surface area contributed by atoms with Crippen LogP contribution >= 0.6 is 27.5 Å². The molecule has 0 radical (unpaired) electrons. The van der Waals surface area contributed by atoms with Crippen molar-refractivity contribution in [3.8, 4) is 11.5 Å². The number of hydrogen-bond acceptors (Lipinski definition) is 4. The minimum atomic E-state index is 0.00523. The van der Waals surface area contributed by atoms with E-state index in [2.05, 4.69) is 52.2 Å². The molecule has 2 aromatic rings. The van der Waals surface area contributed by atoms with Crippen LogP contribution in [0, 0.1) is 0 Å². The molecule has 0 aliphatic carbocycles. The van der Waals surface area contributed by atoms with Crippen LogP contribution in [0.4, 0.5) is 0 Å². The number of aromatic nitrogens is 2. The Hall–Kier alpha value is -0.910. The first kappa shape index (κ1) is 14.5. The van der Waals surface area contributed by atoms with Crippen molar-refractivity contribution in [2.24, 2.45) is 0 Å². The van der Waals surface area contributed by atoms with Crippen molar-refractivity contribution in [2.45, 2.75) is 32.9 Å². The molecule has 0 aliphatic heterocycles. The smallest absolute Gasteiger partial charge is 0.249 e. The lowest BCUT2D eigenvalue weighted by Gasteiger charge is -2.18. The van der Waals surface area contributed by atoms with Gasteiger partial charge in [-0.1, -0.05) is 11.6 Å². The SMILES string of the molecule is CC(C)(C)NCc1nnc(-c2cc(Cl)ccc2Br)o1.